The summed E-state index contributed by atoms with van der Waals surface area (Å²) < 4.78 is 2.15. The Morgan fingerprint density at radius 3 is 3.00 bits per heavy atom. The van der Waals surface area contributed by atoms with Gasteiger partial charge in [0.2, 0.25) is 0 Å². The summed E-state index contributed by atoms with van der Waals surface area (Å²) in [7, 11) is 0. The van der Waals surface area contributed by atoms with Gasteiger partial charge in [-0.1, -0.05) is 0 Å². The van der Waals surface area contributed by atoms with Crippen LogP contribution < -0.4 is 0 Å². The molecule has 1 aliphatic carbocycles. The van der Waals surface area contributed by atoms with Gasteiger partial charge in [0.15, 0.2) is 0 Å². The van der Waals surface area contributed by atoms with Gasteiger partial charge >= 0.3 is 0 Å². The first-order valence-corrected chi connectivity index (χ1v) is 5.27. The predicted molar refractivity (Wildman–Crippen MR) is 56.4 cm³/mol. The second-order valence-corrected chi connectivity index (χ2v) is 4.11. The highest BCUT2D eigenvalue weighted by Gasteiger charge is 2.29. The van der Waals surface area contributed by atoms with Crippen LogP contribution >= 0.6 is 0 Å². The Morgan fingerprint density at radius 1 is 1.53 bits per heavy atom. The Bertz CT molecular complexity index is 500. The van der Waals surface area contributed by atoms with Crippen LogP contribution in [-0.2, 0) is 0 Å². The lowest BCUT2D eigenvalue weighted by Gasteiger charge is -2.08. The number of pyridine rings is 1. The normalized spacial score (nSPS) is 18.3. The van der Waals surface area contributed by atoms with Gasteiger partial charge in [-0.3, -0.25) is 4.98 Å². The van der Waals surface area contributed by atoms with Crippen LogP contribution in [0.5, 0.6) is 0 Å². The van der Waals surface area contributed by atoms with Crippen molar-refractivity contribution < 1.29 is 5.11 Å². The standard InChI is InChI=1S/C11H13N3O/c1-7(15)11-13-9-6-12-5-4-10(9)14(11)8-2-3-8/h4-8,15H,2-3H2,1H3. The third kappa shape index (κ3) is 1.33. The molecular weight excluding hydrogens is 190 g/mol. The van der Waals surface area contributed by atoms with Gasteiger partial charge in [-0.2, -0.15) is 0 Å². The molecule has 1 saturated carbocycles. The molecule has 4 nitrogen and oxygen atoms in total. The Balaban J connectivity index is 2.28. The largest absolute Gasteiger partial charge is 0.385 e. The molecule has 78 valence electrons. The SMILES string of the molecule is CC(O)c1nc2cnccc2n1C1CC1. The van der Waals surface area contributed by atoms with E-state index >= 15 is 0 Å². The third-order valence-electron chi connectivity index (χ3n) is 2.80. The summed E-state index contributed by atoms with van der Waals surface area (Å²) in [6, 6.07) is 2.49. The zero-order valence-corrected chi connectivity index (χ0v) is 8.59. The van der Waals surface area contributed by atoms with Crippen molar-refractivity contribution in [3.05, 3.63) is 24.3 Å². The van der Waals surface area contributed by atoms with Gasteiger partial charge in [-0.05, 0) is 25.8 Å². The molecule has 1 atom stereocenters. The van der Waals surface area contributed by atoms with Crippen LogP contribution in [0.15, 0.2) is 18.5 Å². The maximum absolute atomic E-state index is 9.68. The van der Waals surface area contributed by atoms with Gasteiger partial charge in [0.1, 0.15) is 17.4 Å². The number of aromatic nitrogens is 3. The maximum Gasteiger partial charge on any atom is 0.138 e. The fourth-order valence-corrected chi connectivity index (χ4v) is 1.98. The molecule has 2 heterocycles. The highest BCUT2D eigenvalue weighted by Crippen LogP contribution is 2.39. The second kappa shape index (κ2) is 3.03. The van der Waals surface area contributed by atoms with Gasteiger partial charge in [-0.25, -0.2) is 4.98 Å². The van der Waals surface area contributed by atoms with Crippen LogP contribution in [0.3, 0.4) is 0 Å². The van der Waals surface area contributed by atoms with Crippen molar-refractivity contribution in [3.63, 3.8) is 0 Å². The molecule has 1 aliphatic rings. The predicted octanol–water partition coefficient (Wildman–Crippen LogP) is 1.82. The van der Waals surface area contributed by atoms with E-state index < -0.39 is 6.10 Å². The van der Waals surface area contributed by atoms with Crippen molar-refractivity contribution in [2.24, 2.45) is 0 Å². The summed E-state index contributed by atoms with van der Waals surface area (Å²) >= 11 is 0. The minimum atomic E-state index is -0.516. The van der Waals surface area contributed by atoms with Crippen molar-refractivity contribution in [1.82, 2.24) is 14.5 Å². The quantitative estimate of drug-likeness (QED) is 0.810. The summed E-state index contributed by atoms with van der Waals surface area (Å²) in [6.07, 6.45) is 5.38. The van der Waals surface area contributed by atoms with E-state index in [9.17, 15) is 5.11 Å². The molecule has 4 heteroatoms. The number of hydrogen-bond donors (Lipinski definition) is 1. The Kier molecular flexibility index (Phi) is 1.79. The summed E-state index contributed by atoms with van der Waals surface area (Å²) in [5, 5.41) is 9.68. The molecule has 0 spiro atoms. The number of aliphatic hydroxyl groups excluding tert-OH is 1. The number of fused-ring (bicyclic) bond motifs is 1. The van der Waals surface area contributed by atoms with Gasteiger partial charge < -0.3 is 9.67 Å². The summed E-state index contributed by atoms with van der Waals surface area (Å²) in [5.74, 6) is 0.764. The van der Waals surface area contributed by atoms with E-state index in [1.165, 1.54) is 12.8 Å². The smallest absolute Gasteiger partial charge is 0.138 e. The third-order valence-corrected chi connectivity index (χ3v) is 2.80. The van der Waals surface area contributed by atoms with E-state index in [2.05, 4.69) is 14.5 Å². The first-order valence-electron chi connectivity index (χ1n) is 5.27. The lowest BCUT2D eigenvalue weighted by atomic mass is 10.3. The zero-order valence-electron chi connectivity index (χ0n) is 8.59. The van der Waals surface area contributed by atoms with Gasteiger partial charge in [0.25, 0.3) is 0 Å². The second-order valence-electron chi connectivity index (χ2n) is 4.11. The molecule has 1 fully saturated rings. The highest BCUT2D eigenvalue weighted by molar-refractivity contribution is 5.75. The minimum Gasteiger partial charge on any atom is -0.385 e. The highest BCUT2D eigenvalue weighted by atomic mass is 16.3. The van der Waals surface area contributed by atoms with Crippen LogP contribution in [-0.4, -0.2) is 19.6 Å². The molecule has 3 rings (SSSR count). The van der Waals surface area contributed by atoms with Crippen LogP contribution in [0.4, 0.5) is 0 Å². The minimum absolute atomic E-state index is 0.516. The molecule has 1 N–H and O–H groups in total. The van der Waals surface area contributed by atoms with Gasteiger partial charge in [-0.15, -0.1) is 0 Å². The molecule has 0 saturated heterocycles. The van der Waals surface area contributed by atoms with Crippen molar-refractivity contribution in [2.45, 2.75) is 31.9 Å². The Labute approximate surface area is 87.6 Å². The molecule has 0 amide bonds. The van der Waals surface area contributed by atoms with E-state index in [0.29, 0.717) is 6.04 Å². The number of rotatable bonds is 2. The fraction of sp³-hybridized carbons (Fsp3) is 0.455. The molecule has 0 bridgehead atoms. The summed E-state index contributed by atoms with van der Waals surface area (Å²) in [5.41, 5.74) is 1.96. The van der Waals surface area contributed by atoms with Crippen molar-refractivity contribution in [2.75, 3.05) is 0 Å². The molecule has 2 aromatic rings. The summed E-state index contributed by atoms with van der Waals surface area (Å²) in [6.45, 7) is 1.76. The number of imidazole rings is 1. The van der Waals surface area contributed by atoms with E-state index in [4.69, 9.17) is 0 Å². The first-order chi connectivity index (χ1) is 7.27. The van der Waals surface area contributed by atoms with Gasteiger partial charge in [0, 0.05) is 12.2 Å². The van der Waals surface area contributed by atoms with Gasteiger partial charge in [0.05, 0.1) is 11.7 Å². The molecule has 2 aromatic heterocycles. The topological polar surface area (TPSA) is 50.9 Å². The average Bonchev–Trinajstić information content (AvgIpc) is 2.98. The Hall–Kier alpha value is -1.42. The van der Waals surface area contributed by atoms with E-state index in [1.54, 1.807) is 19.3 Å². The number of aliphatic hydroxyl groups is 1. The molecular formula is C11H13N3O. The lowest BCUT2D eigenvalue weighted by molar-refractivity contribution is 0.184. The van der Waals surface area contributed by atoms with E-state index in [1.807, 2.05) is 6.07 Å². The molecule has 0 aliphatic heterocycles. The molecule has 1 unspecified atom stereocenters. The summed E-state index contributed by atoms with van der Waals surface area (Å²) in [4.78, 5) is 8.47. The Morgan fingerprint density at radius 2 is 2.33 bits per heavy atom. The van der Waals surface area contributed by atoms with Crippen LogP contribution in [0.25, 0.3) is 11.0 Å². The van der Waals surface area contributed by atoms with Crippen LogP contribution in [0.2, 0.25) is 0 Å². The van der Waals surface area contributed by atoms with E-state index in [-0.39, 0.29) is 0 Å². The average molecular weight is 203 g/mol. The first kappa shape index (κ1) is 8.85. The van der Waals surface area contributed by atoms with Crippen LogP contribution in [0.1, 0.15) is 37.7 Å². The van der Waals surface area contributed by atoms with Crippen LogP contribution in [0, 0.1) is 0 Å². The van der Waals surface area contributed by atoms with Crippen molar-refractivity contribution in [1.29, 1.82) is 0 Å². The lowest BCUT2D eigenvalue weighted by Crippen LogP contribution is -2.04. The molecule has 0 radical (unpaired) electrons. The monoisotopic (exact) mass is 203 g/mol. The molecule has 0 aromatic carbocycles. The number of hydrogen-bond acceptors (Lipinski definition) is 3. The van der Waals surface area contributed by atoms with Crippen molar-refractivity contribution >= 4 is 11.0 Å². The number of nitrogens with zero attached hydrogens (tertiary/aromatic N) is 3. The maximum atomic E-state index is 9.68. The fourth-order valence-electron chi connectivity index (χ4n) is 1.98. The molecule has 15 heavy (non-hydrogen) atoms. The van der Waals surface area contributed by atoms with Crippen molar-refractivity contribution in [3.8, 4) is 0 Å². The zero-order chi connectivity index (χ0) is 10.4. The van der Waals surface area contributed by atoms with E-state index in [0.717, 1.165) is 16.9 Å².